The summed E-state index contributed by atoms with van der Waals surface area (Å²) in [4.78, 5) is 30.7. The lowest BCUT2D eigenvalue weighted by Gasteiger charge is -2.25. The summed E-state index contributed by atoms with van der Waals surface area (Å²) in [6.07, 6.45) is -3.21. The molecule has 0 spiro atoms. The van der Waals surface area contributed by atoms with Crippen LogP contribution in [-0.2, 0) is 10.2 Å². The third kappa shape index (κ3) is 3.70. The zero-order valence-electron chi connectivity index (χ0n) is 20.6. The summed E-state index contributed by atoms with van der Waals surface area (Å²) < 4.78 is 71.5. The number of nitrogens with two attached hydrogens (primary N) is 1. The highest BCUT2D eigenvalue weighted by atomic mass is 19.4. The maximum Gasteiger partial charge on any atom is 0.453 e. The van der Waals surface area contributed by atoms with Gasteiger partial charge in [-0.2, -0.15) is 22.0 Å². The largest absolute Gasteiger partial charge is 0.453 e. The summed E-state index contributed by atoms with van der Waals surface area (Å²) in [7, 11) is 0. The molecule has 0 radical (unpaired) electrons. The number of aliphatic imine (C=N–C) groups is 2. The Morgan fingerprint density at radius 2 is 1.90 bits per heavy atom. The molecule has 12 nitrogen and oxygen atoms in total. The molecule has 7 rings (SSSR count). The van der Waals surface area contributed by atoms with Gasteiger partial charge in [-0.25, -0.2) is 25.4 Å². The van der Waals surface area contributed by atoms with Crippen LogP contribution in [0.2, 0.25) is 0 Å². The fraction of sp³-hybridized carbons (Fsp3) is 0.522. The van der Waals surface area contributed by atoms with Gasteiger partial charge < -0.3 is 15.5 Å². The molecule has 1 unspecified atom stereocenters. The van der Waals surface area contributed by atoms with E-state index in [4.69, 9.17) is 10.2 Å². The molecule has 0 saturated heterocycles. The molecule has 3 aliphatic heterocycles. The number of alkyl halides is 5. The van der Waals surface area contributed by atoms with Crippen molar-refractivity contribution in [2.45, 2.75) is 62.0 Å². The first-order valence-corrected chi connectivity index (χ1v) is 12.6. The van der Waals surface area contributed by atoms with Crippen molar-refractivity contribution in [3.8, 4) is 0 Å². The predicted octanol–water partition coefficient (Wildman–Crippen LogP) is 2.87. The highest BCUT2D eigenvalue weighted by molar-refractivity contribution is 6.43. The Labute approximate surface area is 222 Å². The average Bonchev–Trinajstić information content (AvgIpc) is 3.79. The van der Waals surface area contributed by atoms with E-state index in [1.165, 1.54) is 11.2 Å². The van der Waals surface area contributed by atoms with E-state index in [1.807, 2.05) is 0 Å². The van der Waals surface area contributed by atoms with Crippen molar-refractivity contribution in [1.29, 1.82) is 0 Å². The molecular weight excluding hydrogens is 543 g/mol. The van der Waals surface area contributed by atoms with Gasteiger partial charge in [0, 0.05) is 12.3 Å². The zero-order valence-corrected chi connectivity index (χ0v) is 20.6. The molecule has 4 N–H and O–H groups in total. The molecule has 2 saturated carbocycles. The summed E-state index contributed by atoms with van der Waals surface area (Å²) in [6.45, 7) is 0.0635. The summed E-state index contributed by atoms with van der Waals surface area (Å²) >= 11 is 0. The third-order valence-electron chi connectivity index (χ3n) is 7.60. The number of amides is 1. The molecule has 2 aliphatic carbocycles. The van der Waals surface area contributed by atoms with Gasteiger partial charge >= 0.3 is 12.1 Å². The second-order valence-corrected chi connectivity index (χ2v) is 10.4. The normalized spacial score (nSPS) is 24.4. The van der Waals surface area contributed by atoms with Gasteiger partial charge in [-0.15, -0.1) is 10.2 Å². The van der Waals surface area contributed by atoms with E-state index in [2.05, 4.69) is 40.9 Å². The van der Waals surface area contributed by atoms with Gasteiger partial charge in [-0.3, -0.25) is 9.80 Å². The molecule has 0 aromatic carbocycles. The minimum absolute atomic E-state index is 0.0279. The number of aromatic nitrogens is 4. The highest BCUT2D eigenvalue weighted by Gasteiger charge is 2.63. The Morgan fingerprint density at radius 1 is 1.12 bits per heavy atom. The molecule has 1 amide bonds. The maximum atomic E-state index is 13.7. The number of anilines is 2. The number of carbonyl (C=O) groups is 1. The van der Waals surface area contributed by atoms with E-state index < -0.39 is 36.3 Å². The topological polar surface area (TPSA) is 160 Å². The van der Waals surface area contributed by atoms with Crippen molar-refractivity contribution in [3.05, 3.63) is 29.4 Å². The number of nitrogen functional groups attached to an aromatic ring is 1. The lowest BCUT2D eigenvalue weighted by atomic mass is 9.77. The number of nitrogens with zero attached hydrogens (tertiary/aromatic N) is 7. The van der Waals surface area contributed by atoms with Crippen molar-refractivity contribution in [1.82, 2.24) is 30.6 Å². The molecule has 40 heavy (non-hydrogen) atoms. The number of carbonyl (C=O) groups excluding carboxylic acids is 1. The molecule has 5 aliphatic rings. The van der Waals surface area contributed by atoms with Crippen LogP contribution in [0, 0.1) is 5.92 Å². The van der Waals surface area contributed by atoms with Crippen LogP contribution in [-0.4, -0.2) is 61.4 Å². The lowest BCUT2D eigenvalue weighted by molar-refractivity contribution is -0.283. The molecule has 1 atom stereocenters. The van der Waals surface area contributed by atoms with E-state index in [0.717, 1.165) is 25.7 Å². The van der Waals surface area contributed by atoms with Crippen molar-refractivity contribution in [2.75, 3.05) is 17.7 Å². The molecule has 5 heterocycles. The Hall–Kier alpha value is -4.02. The molecule has 2 fully saturated rings. The third-order valence-corrected chi connectivity index (χ3v) is 7.60. The summed E-state index contributed by atoms with van der Waals surface area (Å²) in [6, 6.07) is 0. The second-order valence-electron chi connectivity index (χ2n) is 10.4. The first-order valence-electron chi connectivity index (χ1n) is 12.6. The van der Waals surface area contributed by atoms with Crippen molar-refractivity contribution in [2.24, 2.45) is 15.9 Å². The van der Waals surface area contributed by atoms with Crippen LogP contribution in [0.15, 0.2) is 20.6 Å². The van der Waals surface area contributed by atoms with Crippen LogP contribution in [0.5, 0.6) is 0 Å². The zero-order chi connectivity index (χ0) is 28.0. The van der Waals surface area contributed by atoms with E-state index >= 15 is 0 Å². The van der Waals surface area contributed by atoms with Gasteiger partial charge in [0.2, 0.25) is 17.7 Å². The number of fused-ring (bicyclic) bond motifs is 2. The van der Waals surface area contributed by atoms with Crippen LogP contribution in [0.4, 0.5) is 33.6 Å². The molecule has 2 aromatic heterocycles. The Bertz CT molecular complexity index is 1520. The Kier molecular flexibility index (Phi) is 5.15. The predicted molar refractivity (Wildman–Crippen MR) is 128 cm³/mol. The maximum absolute atomic E-state index is 13.7. The molecule has 2 aromatic rings. The second kappa shape index (κ2) is 8.25. The van der Waals surface area contributed by atoms with Crippen LogP contribution in [0.25, 0.3) is 5.70 Å². The first-order chi connectivity index (χ1) is 19.0. The minimum atomic E-state index is -5.70. The van der Waals surface area contributed by atoms with E-state index in [9.17, 15) is 26.7 Å². The van der Waals surface area contributed by atoms with Crippen LogP contribution in [0.1, 0.15) is 67.6 Å². The van der Waals surface area contributed by atoms with E-state index in [0.29, 0.717) is 11.5 Å². The lowest BCUT2D eigenvalue weighted by Crippen LogP contribution is -2.41. The van der Waals surface area contributed by atoms with Crippen molar-refractivity contribution < 1.29 is 31.2 Å². The standard InChI is InChI=1S/C23H21F5N10O2/c24-21(25,23(26,27)28)6-5-11-17-30-8-31-38(17)7-12(32-11)15-33-14(29)13-16(34-15)35-19(39)22(13,10-3-4-10)20-37-36-18(40-20)9-1-2-9/h7,9-10,31H,1-6,8H2,(H3,29,33,34,35,39). The molecular formula is C23H21F5N10O2. The summed E-state index contributed by atoms with van der Waals surface area (Å²) in [5.74, 6) is -4.62. The number of hydrogen-bond acceptors (Lipinski definition) is 11. The first kappa shape index (κ1) is 25.0. The summed E-state index contributed by atoms with van der Waals surface area (Å²) in [5.41, 5.74) is 8.13. The fourth-order valence-electron chi connectivity index (χ4n) is 5.28. The number of halogens is 5. The van der Waals surface area contributed by atoms with Gasteiger partial charge in [0.25, 0.3) is 0 Å². The molecule has 17 heteroatoms. The van der Waals surface area contributed by atoms with Gasteiger partial charge in [0.15, 0.2) is 17.1 Å². The van der Waals surface area contributed by atoms with Gasteiger partial charge in [-0.05, 0) is 38.0 Å². The number of hydrogen-bond donors (Lipinski definition) is 3. The highest BCUT2D eigenvalue weighted by Crippen LogP contribution is 2.57. The van der Waals surface area contributed by atoms with Gasteiger partial charge in [0.1, 0.15) is 24.0 Å². The monoisotopic (exact) mass is 564 g/mol. The number of amidine groups is 1. The Morgan fingerprint density at radius 3 is 2.60 bits per heavy atom. The number of rotatable bonds is 7. The van der Waals surface area contributed by atoms with Crippen LogP contribution >= 0.6 is 0 Å². The SMILES string of the molecule is Nc1nc(C2=CN3NCN=C3C(CCC(F)(F)C(F)(F)F)=N2)nc2c1C(c1nnc(C3CC3)o1)(C1CC1)C(=O)N2. The number of hydrazine groups is 1. The molecule has 0 bridgehead atoms. The Balaban J connectivity index is 1.26. The molecule has 210 valence electrons. The van der Waals surface area contributed by atoms with Crippen LogP contribution in [0.3, 0.4) is 0 Å². The number of nitrogens with one attached hydrogen (secondary N) is 2. The average molecular weight is 564 g/mol. The quantitative estimate of drug-likeness (QED) is 0.430. The van der Waals surface area contributed by atoms with Crippen molar-refractivity contribution in [3.63, 3.8) is 0 Å². The smallest absolute Gasteiger partial charge is 0.423 e. The van der Waals surface area contributed by atoms with Gasteiger partial charge in [0.05, 0.1) is 17.5 Å². The minimum Gasteiger partial charge on any atom is -0.423 e. The van der Waals surface area contributed by atoms with E-state index in [-0.39, 0.29) is 59.1 Å². The van der Waals surface area contributed by atoms with Crippen LogP contribution < -0.4 is 16.5 Å². The fourth-order valence-corrected chi connectivity index (χ4v) is 5.28. The van der Waals surface area contributed by atoms with Gasteiger partial charge in [-0.1, -0.05) is 0 Å². The summed E-state index contributed by atoms with van der Waals surface area (Å²) in [5, 5.41) is 12.4. The van der Waals surface area contributed by atoms with E-state index in [1.54, 1.807) is 0 Å². The van der Waals surface area contributed by atoms with Crippen molar-refractivity contribution >= 4 is 34.8 Å².